The Bertz CT molecular complexity index is 864. The summed E-state index contributed by atoms with van der Waals surface area (Å²) < 4.78 is 11.0. The highest BCUT2D eigenvalue weighted by molar-refractivity contribution is 5.95. The van der Waals surface area contributed by atoms with Gasteiger partial charge in [0, 0.05) is 19.6 Å². The highest BCUT2D eigenvalue weighted by Gasteiger charge is 2.44. The molecule has 4 rings (SSSR count). The predicted molar refractivity (Wildman–Crippen MR) is 118 cm³/mol. The van der Waals surface area contributed by atoms with E-state index in [4.69, 9.17) is 9.47 Å². The SMILES string of the molecule is C[C@@H]1CC2C(=O)O[C@@H](C)CC(=O)N3CCCC3C(=O)N3CCOCC3C(=O)N[C@@H](C)C(=O)N2C1. The number of carbonyl (C=O) groups is 5. The first-order chi connectivity index (χ1) is 16.2. The van der Waals surface area contributed by atoms with Crippen molar-refractivity contribution in [2.45, 2.75) is 76.7 Å². The van der Waals surface area contributed by atoms with Crippen LogP contribution in [-0.2, 0) is 33.4 Å². The molecule has 0 saturated carbocycles. The molecule has 11 heteroatoms. The summed E-state index contributed by atoms with van der Waals surface area (Å²) in [5.41, 5.74) is 0. The van der Waals surface area contributed by atoms with Crippen molar-refractivity contribution in [1.82, 2.24) is 20.0 Å². The molecule has 0 aromatic rings. The maximum absolute atomic E-state index is 13.4. The summed E-state index contributed by atoms with van der Waals surface area (Å²) in [5, 5.41) is 2.71. The van der Waals surface area contributed by atoms with Crippen LogP contribution in [0, 0.1) is 5.92 Å². The first-order valence-electron chi connectivity index (χ1n) is 12.2. The summed E-state index contributed by atoms with van der Waals surface area (Å²) in [6.07, 6.45) is 0.908. The van der Waals surface area contributed by atoms with Crippen molar-refractivity contribution in [3.8, 4) is 0 Å². The van der Waals surface area contributed by atoms with Gasteiger partial charge in [0.05, 0.1) is 19.6 Å². The van der Waals surface area contributed by atoms with Gasteiger partial charge in [-0.25, -0.2) is 4.79 Å². The molecule has 11 nitrogen and oxygen atoms in total. The number of nitrogens with one attached hydrogen (secondary N) is 1. The number of amides is 4. The molecular weight excluding hydrogens is 444 g/mol. The van der Waals surface area contributed by atoms with Gasteiger partial charge in [-0.1, -0.05) is 6.92 Å². The van der Waals surface area contributed by atoms with Gasteiger partial charge in [-0.15, -0.1) is 0 Å². The van der Waals surface area contributed by atoms with E-state index in [9.17, 15) is 24.0 Å². The Labute approximate surface area is 199 Å². The van der Waals surface area contributed by atoms with Crippen LogP contribution in [0.25, 0.3) is 0 Å². The third-order valence-corrected chi connectivity index (χ3v) is 7.15. The largest absolute Gasteiger partial charge is 0.461 e. The molecule has 4 saturated heterocycles. The van der Waals surface area contributed by atoms with Crippen molar-refractivity contribution in [2.24, 2.45) is 5.92 Å². The number of morpholine rings is 1. The van der Waals surface area contributed by atoms with Gasteiger partial charge in [0.2, 0.25) is 23.6 Å². The van der Waals surface area contributed by atoms with Gasteiger partial charge < -0.3 is 29.5 Å². The van der Waals surface area contributed by atoms with Crippen LogP contribution in [0.4, 0.5) is 0 Å². The van der Waals surface area contributed by atoms with E-state index in [1.54, 1.807) is 18.7 Å². The van der Waals surface area contributed by atoms with Gasteiger partial charge in [-0.3, -0.25) is 19.2 Å². The van der Waals surface area contributed by atoms with E-state index >= 15 is 0 Å². The monoisotopic (exact) mass is 478 g/mol. The zero-order valence-corrected chi connectivity index (χ0v) is 20.0. The normalized spacial score (nSPS) is 36.1. The fraction of sp³-hybridized carbons (Fsp3) is 0.783. The number of cyclic esters (lactones) is 1. The molecule has 0 aliphatic carbocycles. The molecule has 0 spiro atoms. The molecule has 0 aromatic heterocycles. The van der Waals surface area contributed by atoms with Crippen LogP contribution in [0.15, 0.2) is 0 Å². The second-order valence-electron chi connectivity index (χ2n) is 9.90. The summed E-state index contributed by atoms with van der Waals surface area (Å²) in [6, 6.07) is -3.20. The maximum atomic E-state index is 13.4. The summed E-state index contributed by atoms with van der Waals surface area (Å²) in [7, 11) is 0. The lowest BCUT2D eigenvalue weighted by molar-refractivity contribution is -0.161. The molecule has 4 amide bonds. The van der Waals surface area contributed by atoms with Gasteiger partial charge in [0.1, 0.15) is 30.3 Å². The van der Waals surface area contributed by atoms with E-state index in [0.717, 1.165) is 0 Å². The van der Waals surface area contributed by atoms with Crippen LogP contribution in [-0.4, -0.2) is 107 Å². The zero-order chi connectivity index (χ0) is 24.6. The predicted octanol–water partition coefficient (Wildman–Crippen LogP) is -0.718. The van der Waals surface area contributed by atoms with Crippen LogP contribution in [0.5, 0.6) is 0 Å². The van der Waals surface area contributed by atoms with Gasteiger partial charge in [0.25, 0.3) is 0 Å². The van der Waals surface area contributed by atoms with Crippen LogP contribution >= 0.6 is 0 Å². The standard InChI is InChI=1S/C23H34N4O7/c1-13-9-17-23(32)34-14(2)10-19(28)25-6-4-5-16(25)22(31)26-7-8-33-12-18(26)20(29)24-15(3)21(30)27(17)11-13/h13-18H,4-12H2,1-3H3,(H,24,29)/t13-,14+,15+,16?,17?,18?/m1/s1. The van der Waals surface area contributed by atoms with Crippen molar-refractivity contribution in [3.05, 3.63) is 0 Å². The third-order valence-electron chi connectivity index (χ3n) is 7.15. The van der Waals surface area contributed by atoms with Crippen LogP contribution in [0.1, 0.15) is 46.5 Å². The number of esters is 1. The molecule has 4 aliphatic heterocycles. The quantitative estimate of drug-likeness (QED) is 0.456. The van der Waals surface area contributed by atoms with E-state index in [-0.39, 0.29) is 43.2 Å². The zero-order valence-electron chi connectivity index (χ0n) is 20.0. The smallest absolute Gasteiger partial charge is 0.329 e. The second kappa shape index (κ2) is 9.89. The van der Waals surface area contributed by atoms with Crippen molar-refractivity contribution in [3.63, 3.8) is 0 Å². The molecule has 0 aromatic carbocycles. The minimum absolute atomic E-state index is 0.0197. The van der Waals surface area contributed by atoms with E-state index in [0.29, 0.717) is 39.0 Å². The van der Waals surface area contributed by atoms with E-state index in [1.807, 2.05) is 6.92 Å². The lowest BCUT2D eigenvalue weighted by Crippen LogP contribution is -2.62. The molecule has 188 valence electrons. The van der Waals surface area contributed by atoms with Gasteiger partial charge >= 0.3 is 5.97 Å². The number of hydrogen-bond acceptors (Lipinski definition) is 7. The summed E-state index contributed by atoms with van der Waals surface area (Å²) in [5.74, 6) is -1.89. The first-order valence-corrected chi connectivity index (χ1v) is 12.2. The van der Waals surface area contributed by atoms with Gasteiger partial charge in [0.15, 0.2) is 0 Å². The average Bonchev–Trinajstić information content (AvgIpc) is 3.44. The van der Waals surface area contributed by atoms with Crippen molar-refractivity contribution < 1.29 is 33.4 Å². The summed E-state index contributed by atoms with van der Waals surface area (Å²) in [6.45, 7) is 6.54. The molecule has 34 heavy (non-hydrogen) atoms. The van der Waals surface area contributed by atoms with Crippen LogP contribution in [0.2, 0.25) is 0 Å². The van der Waals surface area contributed by atoms with Gasteiger partial charge in [-0.2, -0.15) is 0 Å². The van der Waals surface area contributed by atoms with Crippen LogP contribution < -0.4 is 5.32 Å². The minimum Gasteiger partial charge on any atom is -0.461 e. The number of hydrogen-bond donors (Lipinski definition) is 1. The molecule has 4 aliphatic rings. The Balaban J connectivity index is 1.64. The van der Waals surface area contributed by atoms with E-state index < -0.39 is 42.1 Å². The molecular formula is C23H34N4O7. The fourth-order valence-corrected chi connectivity index (χ4v) is 5.41. The molecule has 0 radical (unpaired) electrons. The number of carbonyl (C=O) groups excluding carboxylic acids is 5. The second-order valence-corrected chi connectivity index (χ2v) is 9.90. The van der Waals surface area contributed by atoms with E-state index in [2.05, 4.69) is 5.32 Å². The Kier molecular flexibility index (Phi) is 7.11. The number of ether oxygens (including phenoxy) is 2. The summed E-state index contributed by atoms with van der Waals surface area (Å²) in [4.78, 5) is 70.2. The minimum atomic E-state index is -0.890. The molecule has 4 heterocycles. The molecule has 1 N–H and O–H groups in total. The molecule has 4 fully saturated rings. The Hall–Kier alpha value is -2.69. The maximum Gasteiger partial charge on any atom is 0.329 e. The van der Waals surface area contributed by atoms with Crippen molar-refractivity contribution in [2.75, 3.05) is 32.8 Å². The lowest BCUT2D eigenvalue weighted by atomic mass is 10.1. The highest BCUT2D eigenvalue weighted by atomic mass is 16.5. The molecule has 0 bridgehead atoms. The lowest BCUT2D eigenvalue weighted by Gasteiger charge is -2.38. The number of fused-ring (bicyclic) bond motifs is 3. The van der Waals surface area contributed by atoms with Crippen LogP contribution in [0.3, 0.4) is 0 Å². The Morgan fingerprint density at radius 2 is 1.65 bits per heavy atom. The summed E-state index contributed by atoms with van der Waals surface area (Å²) >= 11 is 0. The fourth-order valence-electron chi connectivity index (χ4n) is 5.41. The topological polar surface area (TPSA) is 126 Å². The highest BCUT2D eigenvalue weighted by Crippen LogP contribution is 2.27. The van der Waals surface area contributed by atoms with Crippen molar-refractivity contribution in [1.29, 1.82) is 0 Å². The Morgan fingerprint density at radius 1 is 0.882 bits per heavy atom. The van der Waals surface area contributed by atoms with Crippen molar-refractivity contribution >= 4 is 29.6 Å². The van der Waals surface area contributed by atoms with Gasteiger partial charge in [-0.05, 0) is 39.0 Å². The van der Waals surface area contributed by atoms with E-state index in [1.165, 1.54) is 9.80 Å². The molecule has 6 atom stereocenters. The number of rotatable bonds is 0. The first kappa shape index (κ1) is 24.4. The third kappa shape index (κ3) is 4.75. The number of nitrogens with zero attached hydrogens (tertiary/aromatic N) is 3. The average molecular weight is 479 g/mol. The molecule has 3 unspecified atom stereocenters. The Morgan fingerprint density at radius 3 is 2.41 bits per heavy atom.